The van der Waals surface area contributed by atoms with Gasteiger partial charge in [-0.1, -0.05) is 57.0 Å². The molecule has 3 atom stereocenters. The molecular weight excluding hydrogens is 407 g/mol. The molecule has 0 spiro atoms. The highest BCUT2D eigenvalue weighted by atomic mass is 31.2. The number of hydrogen-bond acceptors (Lipinski definition) is 5. The number of carbonyl (C=O) groups excluding carboxylic acids is 1. The van der Waals surface area contributed by atoms with Crippen molar-refractivity contribution >= 4 is 19.5 Å². The number of carbonyl (C=O) groups is 2. The molecule has 0 fully saturated rings. The van der Waals surface area contributed by atoms with Crippen molar-refractivity contribution in [2.75, 3.05) is 6.54 Å². The zero-order chi connectivity index (χ0) is 22.6. The van der Waals surface area contributed by atoms with Gasteiger partial charge in [0.25, 0.3) is 0 Å². The summed E-state index contributed by atoms with van der Waals surface area (Å²) in [4.78, 5) is 34.7. The van der Waals surface area contributed by atoms with Crippen LogP contribution in [0, 0.1) is 5.92 Å². The van der Waals surface area contributed by atoms with Crippen molar-refractivity contribution in [1.82, 2.24) is 5.32 Å². The van der Waals surface area contributed by atoms with Crippen LogP contribution in [0.15, 0.2) is 30.3 Å². The first kappa shape index (κ1) is 26.3. The van der Waals surface area contributed by atoms with E-state index in [2.05, 4.69) is 5.32 Å². The minimum Gasteiger partial charge on any atom is -0.479 e. The third-order valence-electron chi connectivity index (χ3n) is 5.11. The van der Waals surface area contributed by atoms with Gasteiger partial charge in [-0.15, -0.1) is 0 Å². The van der Waals surface area contributed by atoms with Crippen LogP contribution in [0.5, 0.6) is 0 Å². The Labute approximate surface area is 178 Å². The third kappa shape index (κ3) is 8.96. The standard InChI is InChI=1S/C21H35N2O6P/c1-3-17(4-2)20(23-19(24)14-13-16-10-6-5-7-11-16)30(27,28)29-18(21(25)26)12-8-9-15-22/h5-7,10-11,17-18,20H,3-4,8-9,12-15,22H2,1-2H3,(H,23,24)(H,25,26)(H,27,28)/t18-,20?/m1/s1. The van der Waals surface area contributed by atoms with Gasteiger partial charge in [-0.3, -0.25) is 13.9 Å². The number of hydrogen-bond donors (Lipinski definition) is 4. The normalized spacial score (nSPS) is 15.4. The maximum absolute atomic E-state index is 13.1. The van der Waals surface area contributed by atoms with E-state index in [1.165, 1.54) is 0 Å². The quantitative estimate of drug-likeness (QED) is 0.241. The van der Waals surface area contributed by atoms with Crippen LogP contribution >= 0.6 is 7.60 Å². The lowest BCUT2D eigenvalue weighted by Gasteiger charge is -2.31. The Hall–Kier alpha value is -1.73. The van der Waals surface area contributed by atoms with Gasteiger partial charge in [-0.05, 0) is 43.7 Å². The lowest BCUT2D eigenvalue weighted by molar-refractivity contribution is -0.145. The summed E-state index contributed by atoms with van der Waals surface area (Å²) in [6.07, 6.45) is 1.44. The van der Waals surface area contributed by atoms with E-state index in [9.17, 15) is 24.2 Å². The fourth-order valence-electron chi connectivity index (χ4n) is 3.28. The van der Waals surface area contributed by atoms with Crippen LogP contribution in [0.25, 0.3) is 0 Å². The first-order valence-corrected chi connectivity index (χ1v) is 12.2. The summed E-state index contributed by atoms with van der Waals surface area (Å²) < 4.78 is 18.3. The van der Waals surface area contributed by atoms with Crippen LogP contribution in [0.1, 0.15) is 57.9 Å². The molecule has 0 aromatic heterocycles. The van der Waals surface area contributed by atoms with E-state index >= 15 is 0 Å². The Morgan fingerprint density at radius 3 is 2.33 bits per heavy atom. The molecule has 1 amide bonds. The molecule has 0 saturated carbocycles. The van der Waals surface area contributed by atoms with Crippen LogP contribution in [-0.2, 0) is 25.1 Å². The van der Waals surface area contributed by atoms with E-state index in [1.54, 1.807) is 0 Å². The molecule has 0 aliphatic rings. The average Bonchev–Trinajstić information content (AvgIpc) is 2.72. The van der Waals surface area contributed by atoms with Crippen molar-refractivity contribution in [3.8, 4) is 0 Å². The molecule has 170 valence electrons. The van der Waals surface area contributed by atoms with Crippen LogP contribution in [0.3, 0.4) is 0 Å². The maximum atomic E-state index is 13.1. The fraction of sp³-hybridized carbons (Fsp3) is 0.619. The lowest BCUT2D eigenvalue weighted by atomic mass is 10.0. The Morgan fingerprint density at radius 2 is 1.80 bits per heavy atom. The SMILES string of the molecule is CCC(CC)C(NC(=O)CCc1ccccc1)P(=O)(O)O[C@H](CCCCN)C(=O)O. The summed E-state index contributed by atoms with van der Waals surface area (Å²) in [6, 6.07) is 9.47. The number of nitrogens with two attached hydrogens (primary N) is 1. The number of aliphatic carboxylic acids is 1. The van der Waals surface area contributed by atoms with Gasteiger partial charge in [0.1, 0.15) is 5.78 Å². The number of carboxylic acids is 1. The summed E-state index contributed by atoms with van der Waals surface area (Å²) in [6.45, 7) is 4.11. The van der Waals surface area contributed by atoms with Crippen molar-refractivity contribution in [3.05, 3.63) is 35.9 Å². The summed E-state index contributed by atoms with van der Waals surface area (Å²) in [5.74, 6) is -3.16. The second kappa shape index (κ2) is 13.5. The van der Waals surface area contributed by atoms with E-state index in [0.717, 1.165) is 5.56 Å². The first-order chi connectivity index (χ1) is 14.2. The Balaban J connectivity index is 2.88. The Bertz CT molecular complexity index is 696. The minimum absolute atomic E-state index is 0.0780. The lowest BCUT2D eigenvalue weighted by Crippen LogP contribution is -2.41. The summed E-state index contributed by atoms with van der Waals surface area (Å²) in [5, 5.41) is 12.0. The monoisotopic (exact) mass is 442 g/mol. The van der Waals surface area contributed by atoms with Crippen molar-refractivity contribution in [2.45, 2.75) is 70.7 Å². The van der Waals surface area contributed by atoms with E-state index in [4.69, 9.17) is 10.3 Å². The topological polar surface area (TPSA) is 139 Å². The molecule has 8 nitrogen and oxygen atoms in total. The summed E-state index contributed by atoms with van der Waals surface area (Å²) in [5.41, 5.74) is 6.41. The summed E-state index contributed by atoms with van der Waals surface area (Å²) >= 11 is 0. The minimum atomic E-state index is -4.44. The molecule has 1 rings (SSSR count). The number of amides is 1. The smallest absolute Gasteiger partial charge is 0.351 e. The second-order valence-corrected chi connectivity index (χ2v) is 9.25. The fourth-order valence-corrected chi connectivity index (χ4v) is 5.24. The third-order valence-corrected chi connectivity index (χ3v) is 6.92. The molecule has 9 heteroatoms. The average molecular weight is 442 g/mol. The van der Waals surface area contributed by atoms with Crippen molar-refractivity contribution < 1.29 is 28.7 Å². The number of aryl methyl sites for hydroxylation is 1. The van der Waals surface area contributed by atoms with Gasteiger partial charge < -0.3 is 21.1 Å². The molecule has 5 N–H and O–H groups in total. The molecule has 0 radical (unpaired) electrons. The largest absolute Gasteiger partial charge is 0.479 e. The maximum Gasteiger partial charge on any atom is 0.351 e. The highest BCUT2D eigenvalue weighted by molar-refractivity contribution is 7.53. The predicted molar refractivity (Wildman–Crippen MR) is 116 cm³/mol. The summed E-state index contributed by atoms with van der Waals surface area (Å²) in [7, 11) is -4.44. The molecular formula is C21H35N2O6P. The first-order valence-electron chi connectivity index (χ1n) is 10.5. The van der Waals surface area contributed by atoms with Gasteiger partial charge in [-0.2, -0.15) is 0 Å². The number of rotatable bonds is 15. The predicted octanol–water partition coefficient (Wildman–Crippen LogP) is 3.28. The van der Waals surface area contributed by atoms with Crippen LogP contribution < -0.4 is 11.1 Å². The number of unbranched alkanes of at least 4 members (excludes halogenated alkanes) is 1. The zero-order valence-electron chi connectivity index (χ0n) is 17.8. The van der Waals surface area contributed by atoms with Crippen LogP contribution in [0.2, 0.25) is 0 Å². The molecule has 1 aromatic rings. The molecule has 30 heavy (non-hydrogen) atoms. The highest BCUT2D eigenvalue weighted by Gasteiger charge is 2.41. The number of carboxylic acid groups (broad SMARTS) is 1. The molecule has 0 bridgehead atoms. The van der Waals surface area contributed by atoms with Gasteiger partial charge in [0, 0.05) is 6.42 Å². The molecule has 1 aromatic carbocycles. The van der Waals surface area contributed by atoms with E-state index in [0.29, 0.717) is 38.6 Å². The number of benzene rings is 1. The van der Waals surface area contributed by atoms with Crippen LogP contribution in [-0.4, -0.2) is 40.3 Å². The van der Waals surface area contributed by atoms with Crippen molar-refractivity contribution in [2.24, 2.45) is 11.7 Å². The van der Waals surface area contributed by atoms with Crippen molar-refractivity contribution in [3.63, 3.8) is 0 Å². The highest BCUT2D eigenvalue weighted by Crippen LogP contribution is 2.52. The van der Waals surface area contributed by atoms with Crippen LogP contribution in [0.4, 0.5) is 0 Å². The zero-order valence-corrected chi connectivity index (χ0v) is 18.7. The van der Waals surface area contributed by atoms with Gasteiger partial charge in [0.15, 0.2) is 6.10 Å². The Morgan fingerprint density at radius 1 is 1.17 bits per heavy atom. The second-order valence-electron chi connectivity index (χ2n) is 7.36. The molecule has 2 unspecified atom stereocenters. The molecule has 0 saturated heterocycles. The molecule has 0 aliphatic heterocycles. The Kier molecular flexibility index (Phi) is 11.9. The van der Waals surface area contributed by atoms with Gasteiger partial charge in [0.05, 0.1) is 0 Å². The van der Waals surface area contributed by atoms with E-state index < -0.39 is 25.5 Å². The van der Waals surface area contributed by atoms with Gasteiger partial charge in [-0.25, -0.2) is 4.79 Å². The van der Waals surface area contributed by atoms with Crippen molar-refractivity contribution in [1.29, 1.82) is 0 Å². The van der Waals surface area contributed by atoms with Gasteiger partial charge in [0.2, 0.25) is 5.91 Å². The number of nitrogens with one attached hydrogen (secondary N) is 1. The van der Waals surface area contributed by atoms with E-state index in [-0.39, 0.29) is 24.7 Å². The van der Waals surface area contributed by atoms with Gasteiger partial charge >= 0.3 is 13.6 Å². The van der Waals surface area contributed by atoms with E-state index in [1.807, 2.05) is 44.2 Å². The molecule has 0 heterocycles. The molecule has 0 aliphatic carbocycles.